The average Bonchev–Trinajstić information content (AvgIpc) is 2.57. The van der Waals surface area contributed by atoms with Crippen LogP contribution < -0.4 is 4.90 Å². The Hall–Kier alpha value is -2.18. The van der Waals surface area contributed by atoms with Crippen LogP contribution in [0.2, 0.25) is 0 Å². The lowest BCUT2D eigenvalue weighted by Crippen LogP contribution is -2.37. The van der Waals surface area contributed by atoms with Crippen LogP contribution in [0.5, 0.6) is 0 Å². The highest BCUT2D eigenvalue weighted by atomic mass is 16.6. The Balaban J connectivity index is 2.06. The summed E-state index contributed by atoms with van der Waals surface area (Å²) in [6, 6.07) is 1.36. The summed E-state index contributed by atoms with van der Waals surface area (Å²) in [6.45, 7) is 2.02. The van der Waals surface area contributed by atoms with Crippen molar-refractivity contribution in [3.63, 3.8) is 0 Å². The van der Waals surface area contributed by atoms with Crippen molar-refractivity contribution in [1.82, 2.24) is 14.6 Å². The van der Waals surface area contributed by atoms with Crippen molar-refractivity contribution in [3.05, 3.63) is 28.6 Å². The smallest absolute Gasteiger partial charge is 0.369 e. The summed E-state index contributed by atoms with van der Waals surface area (Å²) in [7, 11) is 0. The van der Waals surface area contributed by atoms with Gasteiger partial charge in [0.25, 0.3) is 0 Å². The average molecular weight is 219 g/mol. The van der Waals surface area contributed by atoms with Gasteiger partial charge in [0, 0.05) is 13.1 Å². The van der Waals surface area contributed by atoms with E-state index in [1.165, 1.54) is 17.0 Å². The third-order valence-corrected chi connectivity index (χ3v) is 2.70. The number of aromatic nitrogens is 3. The first-order valence-corrected chi connectivity index (χ1v) is 4.99. The quantitative estimate of drug-likeness (QED) is 0.552. The molecule has 0 amide bonds. The second-order valence-corrected chi connectivity index (χ2v) is 3.72. The summed E-state index contributed by atoms with van der Waals surface area (Å²) >= 11 is 0. The number of hydrogen-bond acceptors (Lipinski definition) is 5. The number of nitro groups is 1. The van der Waals surface area contributed by atoms with Gasteiger partial charge in [-0.25, -0.2) is 4.98 Å². The molecule has 16 heavy (non-hydrogen) atoms. The molecule has 0 spiro atoms. The second kappa shape index (κ2) is 3.16. The Labute approximate surface area is 90.5 Å². The van der Waals surface area contributed by atoms with Crippen molar-refractivity contribution in [3.8, 4) is 0 Å². The Morgan fingerprint density at radius 3 is 2.88 bits per heavy atom. The van der Waals surface area contributed by atoms with Crippen LogP contribution in [0.25, 0.3) is 5.65 Å². The van der Waals surface area contributed by atoms with Crippen molar-refractivity contribution >= 4 is 17.2 Å². The maximum absolute atomic E-state index is 10.5. The summed E-state index contributed by atoms with van der Waals surface area (Å²) in [5.74, 6) is -0.173. The minimum atomic E-state index is -0.516. The third-order valence-electron chi connectivity index (χ3n) is 2.70. The van der Waals surface area contributed by atoms with Gasteiger partial charge in [-0.3, -0.25) is 0 Å². The van der Waals surface area contributed by atoms with Crippen LogP contribution in [-0.4, -0.2) is 32.6 Å². The van der Waals surface area contributed by atoms with Crippen molar-refractivity contribution in [1.29, 1.82) is 0 Å². The number of rotatable bonds is 2. The van der Waals surface area contributed by atoms with Crippen molar-refractivity contribution < 1.29 is 4.92 Å². The molecule has 0 aromatic carbocycles. The van der Waals surface area contributed by atoms with E-state index in [0.717, 1.165) is 18.8 Å². The first-order valence-electron chi connectivity index (χ1n) is 4.99. The normalized spacial score (nSPS) is 15.1. The lowest BCUT2D eigenvalue weighted by molar-refractivity contribution is -0.389. The lowest BCUT2D eigenvalue weighted by atomic mass is 10.2. The van der Waals surface area contributed by atoms with E-state index >= 15 is 0 Å². The van der Waals surface area contributed by atoms with Gasteiger partial charge in [-0.1, -0.05) is 0 Å². The van der Waals surface area contributed by atoms with Gasteiger partial charge in [0.15, 0.2) is 5.65 Å². The zero-order chi connectivity index (χ0) is 11.1. The predicted octanol–water partition coefficient (Wildman–Crippen LogP) is 0.848. The van der Waals surface area contributed by atoms with Gasteiger partial charge in [-0.2, -0.15) is 0 Å². The Morgan fingerprint density at radius 1 is 1.44 bits per heavy atom. The fourth-order valence-electron chi connectivity index (χ4n) is 1.68. The molecule has 1 fully saturated rings. The van der Waals surface area contributed by atoms with Gasteiger partial charge in [0.2, 0.25) is 0 Å². The van der Waals surface area contributed by atoms with Crippen molar-refractivity contribution in [2.24, 2.45) is 0 Å². The molecule has 0 unspecified atom stereocenters. The Kier molecular flexibility index (Phi) is 1.79. The predicted molar refractivity (Wildman–Crippen MR) is 56.5 cm³/mol. The molecule has 0 radical (unpaired) electrons. The molecule has 7 nitrogen and oxygen atoms in total. The minimum Gasteiger partial charge on any atom is -0.369 e. The van der Waals surface area contributed by atoms with Gasteiger partial charge >= 0.3 is 5.82 Å². The van der Waals surface area contributed by atoms with E-state index in [2.05, 4.69) is 15.0 Å². The number of fused-ring (bicyclic) bond motifs is 1. The lowest BCUT2D eigenvalue weighted by Gasteiger charge is -2.32. The maximum atomic E-state index is 10.5. The summed E-state index contributed by atoms with van der Waals surface area (Å²) in [6.07, 6.45) is 4.67. The topological polar surface area (TPSA) is 76.6 Å². The highest BCUT2D eigenvalue weighted by Crippen LogP contribution is 2.20. The monoisotopic (exact) mass is 219 g/mol. The van der Waals surface area contributed by atoms with E-state index in [9.17, 15) is 10.1 Å². The van der Waals surface area contributed by atoms with E-state index < -0.39 is 4.92 Å². The van der Waals surface area contributed by atoms with Gasteiger partial charge in [-0.05, 0) is 11.3 Å². The summed E-state index contributed by atoms with van der Waals surface area (Å²) < 4.78 is 1.45. The van der Waals surface area contributed by atoms with E-state index in [4.69, 9.17) is 0 Å². The van der Waals surface area contributed by atoms with Crippen LogP contribution in [0.4, 0.5) is 11.5 Å². The van der Waals surface area contributed by atoms with Crippen molar-refractivity contribution in [2.45, 2.75) is 6.42 Å². The fraction of sp³-hybridized carbons (Fsp3) is 0.333. The van der Waals surface area contributed by atoms with Gasteiger partial charge in [0.05, 0.1) is 29.2 Å². The molecule has 3 heterocycles. The van der Waals surface area contributed by atoms with E-state index in [0.29, 0.717) is 5.65 Å². The maximum Gasteiger partial charge on any atom is 0.392 e. The van der Waals surface area contributed by atoms with Crippen LogP contribution in [0, 0.1) is 10.1 Å². The summed E-state index contributed by atoms with van der Waals surface area (Å²) in [4.78, 5) is 16.3. The number of nitrogens with zero attached hydrogens (tertiary/aromatic N) is 5. The zero-order valence-corrected chi connectivity index (χ0v) is 8.41. The number of anilines is 1. The molecular formula is C9H9N5O2. The zero-order valence-electron chi connectivity index (χ0n) is 8.41. The van der Waals surface area contributed by atoms with Gasteiger partial charge < -0.3 is 15.0 Å². The third kappa shape index (κ3) is 1.28. The van der Waals surface area contributed by atoms with Crippen LogP contribution in [0.3, 0.4) is 0 Å². The molecule has 0 saturated carbocycles. The molecule has 82 valence electrons. The van der Waals surface area contributed by atoms with Crippen LogP contribution in [-0.2, 0) is 0 Å². The molecule has 2 aromatic heterocycles. The van der Waals surface area contributed by atoms with Crippen LogP contribution in [0.1, 0.15) is 6.42 Å². The molecule has 0 bridgehead atoms. The minimum absolute atomic E-state index is 0.173. The first kappa shape index (κ1) is 9.08. The molecule has 1 aliphatic heterocycles. The molecule has 7 heteroatoms. The van der Waals surface area contributed by atoms with E-state index in [1.54, 1.807) is 12.4 Å². The first-order chi connectivity index (χ1) is 7.74. The van der Waals surface area contributed by atoms with E-state index in [-0.39, 0.29) is 5.82 Å². The molecule has 2 aromatic rings. The molecule has 1 aliphatic rings. The Bertz CT molecular complexity index is 560. The fourth-order valence-corrected chi connectivity index (χ4v) is 1.68. The second-order valence-electron chi connectivity index (χ2n) is 3.72. The highest BCUT2D eigenvalue weighted by molar-refractivity contribution is 5.52. The molecule has 1 saturated heterocycles. The largest absolute Gasteiger partial charge is 0.392 e. The SMILES string of the molecule is O=[N+]([O-])c1cc2ncc(N3CCC3)cn2n1. The Morgan fingerprint density at radius 2 is 2.25 bits per heavy atom. The van der Waals surface area contributed by atoms with Crippen LogP contribution >= 0.6 is 0 Å². The van der Waals surface area contributed by atoms with E-state index in [1.807, 2.05) is 0 Å². The summed E-state index contributed by atoms with van der Waals surface area (Å²) in [5, 5.41) is 14.4. The standard InChI is InChI=1S/C9H9N5O2/c15-14(16)9-4-8-10-5-7(6-13(8)11-9)12-2-1-3-12/h4-6H,1-3H2. The molecule has 0 aliphatic carbocycles. The van der Waals surface area contributed by atoms with Crippen LogP contribution in [0.15, 0.2) is 18.5 Å². The summed E-state index contributed by atoms with van der Waals surface area (Å²) in [5.41, 5.74) is 1.45. The van der Waals surface area contributed by atoms with Crippen molar-refractivity contribution in [2.75, 3.05) is 18.0 Å². The van der Waals surface area contributed by atoms with Gasteiger partial charge in [-0.15, -0.1) is 4.52 Å². The molecular weight excluding hydrogens is 210 g/mol. The molecule has 0 atom stereocenters. The molecule has 3 rings (SSSR count). The molecule has 0 N–H and O–H groups in total. The van der Waals surface area contributed by atoms with Gasteiger partial charge in [0.1, 0.15) is 0 Å². The number of hydrogen-bond donors (Lipinski definition) is 0. The highest BCUT2D eigenvalue weighted by Gasteiger charge is 2.18.